The van der Waals surface area contributed by atoms with Gasteiger partial charge in [0.25, 0.3) is 0 Å². The van der Waals surface area contributed by atoms with Crippen LogP contribution in [-0.2, 0) is 16.0 Å². The largest absolute Gasteiger partial charge is 0.478 e. The molecule has 0 unspecified atom stereocenters. The van der Waals surface area contributed by atoms with E-state index in [0.717, 1.165) is 5.56 Å². The fraction of sp³-hybridized carbons (Fsp3) is 0.500. The summed E-state index contributed by atoms with van der Waals surface area (Å²) in [6.45, 7) is 5.77. The minimum atomic E-state index is -0.950. The van der Waals surface area contributed by atoms with E-state index in [2.05, 4.69) is 5.32 Å². The van der Waals surface area contributed by atoms with Crippen LogP contribution in [0.1, 0.15) is 49.0 Å². The Labute approximate surface area is 142 Å². The quantitative estimate of drug-likeness (QED) is 0.686. The Morgan fingerprint density at radius 2 is 1.67 bits per heavy atom. The van der Waals surface area contributed by atoms with Crippen molar-refractivity contribution < 1.29 is 19.5 Å². The third kappa shape index (κ3) is 6.81. The van der Waals surface area contributed by atoms with Gasteiger partial charge in [-0.3, -0.25) is 9.59 Å². The van der Waals surface area contributed by atoms with Crippen molar-refractivity contribution in [2.45, 2.75) is 39.5 Å². The zero-order chi connectivity index (χ0) is 17.9. The summed E-state index contributed by atoms with van der Waals surface area (Å²) in [6.07, 6.45) is 1.93. The maximum atomic E-state index is 11.8. The molecule has 0 aliphatic heterocycles. The fourth-order valence-corrected chi connectivity index (χ4v) is 2.38. The number of hydrogen-bond donors (Lipinski definition) is 2. The normalized spacial score (nSPS) is 10.2. The van der Waals surface area contributed by atoms with Gasteiger partial charge in [-0.2, -0.15) is 0 Å². The minimum Gasteiger partial charge on any atom is -0.478 e. The summed E-state index contributed by atoms with van der Waals surface area (Å²) in [6, 6.07) is 6.60. The Morgan fingerprint density at radius 1 is 1.04 bits per heavy atom. The lowest BCUT2D eigenvalue weighted by molar-refractivity contribution is -0.131. The number of carbonyl (C=O) groups excluding carboxylic acids is 2. The number of carboxylic acids is 1. The highest BCUT2D eigenvalue weighted by Gasteiger charge is 2.10. The van der Waals surface area contributed by atoms with Gasteiger partial charge in [-0.15, -0.1) is 0 Å². The molecule has 2 N–H and O–H groups in total. The van der Waals surface area contributed by atoms with Crippen molar-refractivity contribution in [3.63, 3.8) is 0 Å². The fourth-order valence-electron chi connectivity index (χ4n) is 2.38. The predicted octanol–water partition coefficient (Wildman–Crippen LogP) is 2.08. The molecule has 0 aliphatic carbocycles. The minimum absolute atomic E-state index is 0.0653. The van der Waals surface area contributed by atoms with Crippen molar-refractivity contribution in [2.24, 2.45) is 0 Å². The van der Waals surface area contributed by atoms with E-state index in [0.29, 0.717) is 45.3 Å². The number of aromatic carboxylic acids is 1. The first-order valence-electron chi connectivity index (χ1n) is 8.34. The summed E-state index contributed by atoms with van der Waals surface area (Å²) in [5.74, 6) is -0.926. The van der Waals surface area contributed by atoms with Gasteiger partial charge in [-0.1, -0.05) is 12.1 Å². The topological polar surface area (TPSA) is 86.7 Å². The van der Waals surface area contributed by atoms with E-state index in [-0.39, 0.29) is 17.4 Å². The summed E-state index contributed by atoms with van der Waals surface area (Å²) in [5.41, 5.74) is 1.22. The second kappa shape index (κ2) is 10.4. The van der Waals surface area contributed by atoms with Crippen LogP contribution in [0.2, 0.25) is 0 Å². The first-order valence-corrected chi connectivity index (χ1v) is 8.34. The maximum Gasteiger partial charge on any atom is 0.335 e. The number of nitrogens with zero attached hydrogens (tertiary/aromatic N) is 1. The summed E-state index contributed by atoms with van der Waals surface area (Å²) in [4.78, 5) is 36.1. The second-order valence-corrected chi connectivity index (χ2v) is 5.52. The lowest BCUT2D eigenvalue weighted by atomic mass is 10.1. The standard InChI is InChI=1S/C18H26N2O4/c1-3-20(4-2)17(22)7-5-6-16(21)19-13-12-14-8-10-15(11-9-14)18(23)24/h8-11H,3-7,12-13H2,1-2H3,(H,19,21)(H,23,24). The van der Waals surface area contributed by atoms with Gasteiger partial charge in [0, 0.05) is 32.5 Å². The van der Waals surface area contributed by atoms with E-state index in [9.17, 15) is 14.4 Å². The summed E-state index contributed by atoms with van der Waals surface area (Å²) in [5, 5.41) is 11.6. The molecule has 0 bridgehead atoms. The lowest BCUT2D eigenvalue weighted by Crippen LogP contribution is -2.31. The summed E-state index contributed by atoms with van der Waals surface area (Å²) < 4.78 is 0. The van der Waals surface area contributed by atoms with Crippen molar-refractivity contribution >= 4 is 17.8 Å². The monoisotopic (exact) mass is 334 g/mol. The molecular formula is C18H26N2O4. The Bertz CT molecular complexity index is 551. The number of rotatable bonds is 10. The van der Waals surface area contributed by atoms with Gasteiger partial charge in [0.2, 0.25) is 11.8 Å². The van der Waals surface area contributed by atoms with E-state index in [1.54, 1.807) is 29.2 Å². The molecule has 0 aliphatic rings. The molecule has 6 heteroatoms. The van der Waals surface area contributed by atoms with E-state index >= 15 is 0 Å². The molecule has 6 nitrogen and oxygen atoms in total. The van der Waals surface area contributed by atoms with Gasteiger partial charge < -0.3 is 15.3 Å². The van der Waals surface area contributed by atoms with Crippen molar-refractivity contribution in [3.8, 4) is 0 Å². The molecule has 2 amide bonds. The number of hydrogen-bond acceptors (Lipinski definition) is 3. The van der Waals surface area contributed by atoms with Crippen LogP contribution in [0.25, 0.3) is 0 Å². The lowest BCUT2D eigenvalue weighted by Gasteiger charge is -2.18. The average Bonchev–Trinajstić information content (AvgIpc) is 2.56. The van der Waals surface area contributed by atoms with E-state index in [1.165, 1.54) is 0 Å². The summed E-state index contributed by atoms with van der Waals surface area (Å²) >= 11 is 0. The first-order chi connectivity index (χ1) is 11.5. The van der Waals surface area contributed by atoms with Crippen molar-refractivity contribution in [3.05, 3.63) is 35.4 Å². The highest BCUT2D eigenvalue weighted by Crippen LogP contribution is 2.05. The van der Waals surface area contributed by atoms with Crippen LogP contribution in [0.5, 0.6) is 0 Å². The molecule has 24 heavy (non-hydrogen) atoms. The molecule has 0 atom stereocenters. The second-order valence-electron chi connectivity index (χ2n) is 5.52. The molecule has 0 aromatic heterocycles. The number of benzene rings is 1. The zero-order valence-electron chi connectivity index (χ0n) is 14.4. The number of amides is 2. The molecule has 1 aromatic rings. The van der Waals surface area contributed by atoms with Gasteiger partial charge in [0.15, 0.2) is 0 Å². The Kier molecular flexibility index (Phi) is 8.54. The molecule has 0 spiro atoms. The van der Waals surface area contributed by atoms with Gasteiger partial charge >= 0.3 is 5.97 Å². The smallest absolute Gasteiger partial charge is 0.335 e. The van der Waals surface area contributed by atoms with Crippen LogP contribution in [0.4, 0.5) is 0 Å². The predicted molar refractivity (Wildman–Crippen MR) is 91.9 cm³/mol. The molecule has 0 fully saturated rings. The Morgan fingerprint density at radius 3 is 2.21 bits per heavy atom. The van der Waals surface area contributed by atoms with Crippen LogP contribution in [0, 0.1) is 0 Å². The van der Waals surface area contributed by atoms with Crippen LogP contribution in [-0.4, -0.2) is 47.4 Å². The maximum absolute atomic E-state index is 11.8. The third-order valence-electron chi connectivity index (χ3n) is 3.85. The number of carbonyl (C=O) groups is 3. The molecule has 0 radical (unpaired) electrons. The van der Waals surface area contributed by atoms with E-state index < -0.39 is 5.97 Å². The van der Waals surface area contributed by atoms with Crippen LogP contribution in [0.15, 0.2) is 24.3 Å². The van der Waals surface area contributed by atoms with Gasteiger partial charge in [-0.25, -0.2) is 4.79 Å². The highest BCUT2D eigenvalue weighted by atomic mass is 16.4. The molecule has 1 rings (SSSR count). The van der Waals surface area contributed by atoms with Crippen molar-refractivity contribution in [2.75, 3.05) is 19.6 Å². The Balaban J connectivity index is 2.22. The zero-order valence-corrected chi connectivity index (χ0v) is 14.4. The molecule has 0 saturated heterocycles. The van der Waals surface area contributed by atoms with Gasteiger partial charge in [-0.05, 0) is 44.4 Å². The molecule has 132 valence electrons. The molecule has 0 heterocycles. The van der Waals surface area contributed by atoms with Crippen LogP contribution < -0.4 is 5.32 Å². The molecule has 1 aromatic carbocycles. The van der Waals surface area contributed by atoms with Crippen molar-refractivity contribution in [1.29, 1.82) is 0 Å². The third-order valence-corrected chi connectivity index (χ3v) is 3.85. The summed E-state index contributed by atoms with van der Waals surface area (Å²) in [7, 11) is 0. The van der Waals surface area contributed by atoms with Gasteiger partial charge in [0.1, 0.15) is 0 Å². The highest BCUT2D eigenvalue weighted by molar-refractivity contribution is 5.87. The first kappa shape index (κ1) is 19.7. The van der Waals surface area contributed by atoms with E-state index in [4.69, 9.17) is 5.11 Å². The average molecular weight is 334 g/mol. The molecular weight excluding hydrogens is 308 g/mol. The number of carboxylic acid groups (broad SMARTS) is 1. The Hall–Kier alpha value is -2.37. The SMILES string of the molecule is CCN(CC)C(=O)CCCC(=O)NCCc1ccc(C(=O)O)cc1. The number of nitrogens with one attached hydrogen (secondary N) is 1. The van der Waals surface area contributed by atoms with E-state index in [1.807, 2.05) is 13.8 Å². The van der Waals surface area contributed by atoms with Gasteiger partial charge in [0.05, 0.1) is 5.56 Å². The van der Waals surface area contributed by atoms with Crippen LogP contribution in [0.3, 0.4) is 0 Å². The molecule has 0 saturated carbocycles. The van der Waals surface area contributed by atoms with Crippen LogP contribution >= 0.6 is 0 Å². The van der Waals surface area contributed by atoms with Crippen molar-refractivity contribution in [1.82, 2.24) is 10.2 Å².